The third-order valence-electron chi connectivity index (χ3n) is 21.1. The van der Waals surface area contributed by atoms with Crippen LogP contribution in [0.3, 0.4) is 0 Å². The summed E-state index contributed by atoms with van der Waals surface area (Å²) in [7, 11) is 0. The van der Waals surface area contributed by atoms with Gasteiger partial charge in [-0.25, -0.2) is 0 Å². The fraction of sp³-hybridized carbons (Fsp3) is 0.351. The van der Waals surface area contributed by atoms with Crippen molar-refractivity contribution in [1.82, 2.24) is 0 Å². The molecule has 0 amide bonds. The largest absolute Gasteiger partial charge is 0.334 e. The van der Waals surface area contributed by atoms with Gasteiger partial charge in [0.1, 0.15) is 0 Å². The van der Waals surface area contributed by atoms with Gasteiger partial charge in [0.25, 0.3) is 6.71 Å². The van der Waals surface area contributed by atoms with Gasteiger partial charge in [-0.1, -0.05) is 192 Å². The molecule has 4 aliphatic heterocycles. The summed E-state index contributed by atoms with van der Waals surface area (Å²) in [6.07, 6.45) is 6.95. The minimum Gasteiger partial charge on any atom is -0.334 e. The summed E-state index contributed by atoms with van der Waals surface area (Å²) >= 11 is 0. The van der Waals surface area contributed by atoms with E-state index in [1.165, 1.54) is 126 Å². The maximum Gasteiger partial charge on any atom is 0.252 e. The molecule has 0 saturated heterocycles. The minimum atomic E-state index is -0.401. The first-order valence-corrected chi connectivity index (χ1v) is 29.7. The van der Waals surface area contributed by atoms with Crippen molar-refractivity contribution in [2.24, 2.45) is 0 Å². The molecule has 0 spiro atoms. The summed E-state index contributed by atoms with van der Waals surface area (Å²) in [6.45, 7) is 31.5. The van der Waals surface area contributed by atoms with E-state index in [1.807, 2.05) is 0 Å². The average Bonchev–Trinajstić information content (AvgIpc) is 2.30. The average molecular weight is 1040 g/mol. The van der Waals surface area contributed by atoms with E-state index in [2.05, 4.69) is 279 Å². The fourth-order valence-electron chi connectivity index (χ4n) is 16.2. The van der Waals surface area contributed by atoms with Gasteiger partial charge in [-0.2, -0.15) is 0 Å². The zero-order chi connectivity index (χ0) is 55.0. The maximum absolute atomic E-state index is 2.80. The van der Waals surface area contributed by atoms with Crippen LogP contribution in [0.1, 0.15) is 161 Å². The van der Waals surface area contributed by atoms with Crippen molar-refractivity contribution < 1.29 is 0 Å². The molecule has 6 aliphatic rings. The van der Waals surface area contributed by atoms with E-state index in [-0.39, 0.29) is 39.3 Å². The first-order chi connectivity index (χ1) is 37.6. The lowest BCUT2D eigenvalue weighted by molar-refractivity contribution is 0.195. The Morgan fingerprint density at radius 1 is 0.380 bits per heavy atom. The molecule has 4 unspecified atom stereocenters. The molecule has 0 aromatic heterocycles. The van der Waals surface area contributed by atoms with Gasteiger partial charge in [0.2, 0.25) is 0 Å². The SMILES string of the molecule is CC(C)(C)c1ccc(N2c3cc(N4c5ccc(C(C)(C)C)cc5C5(C)CCCCC45C)ccc3B3c4ccccc4N(c4ccccc4)c4cc(N5c6ccc(C(C)(C)C)cc6C6(C)CCc7ccccc7C56C)cc2c43)cc1. The molecule has 0 radical (unpaired) electrons. The summed E-state index contributed by atoms with van der Waals surface area (Å²) in [5, 5.41) is 0. The van der Waals surface area contributed by atoms with Gasteiger partial charge in [-0.15, -0.1) is 0 Å². The van der Waals surface area contributed by atoms with E-state index in [0.29, 0.717) is 0 Å². The summed E-state index contributed by atoms with van der Waals surface area (Å²) in [6, 6.07) is 67.2. The number of rotatable bonds is 4. The second-order valence-electron chi connectivity index (χ2n) is 28.4. The standard InChI is InChI=1S/C74H79BN4/c1-68(2,3)49-29-33-53(34-30-49)77-64-45-54(78-61-37-31-50(69(4,5)6)43-57(61)71(10)40-21-22-41-73(71,78)12)35-36-60(64)75-59-27-19-20-28-63(59)76(52-24-15-14-16-25-52)65-46-55(47-66(77)67(65)75)79-62-38-32-51(70(7,8)9)44-58(62)72(11)42-39-48-23-17-18-26-56(48)74(72,79)13/h14-20,23-38,43-47H,21-22,39-42H2,1-13H3. The molecule has 4 atom stereocenters. The second kappa shape index (κ2) is 16.8. The second-order valence-corrected chi connectivity index (χ2v) is 28.4. The van der Waals surface area contributed by atoms with Crippen LogP contribution in [-0.2, 0) is 39.0 Å². The topological polar surface area (TPSA) is 13.0 Å². The van der Waals surface area contributed by atoms with E-state index in [1.54, 1.807) is 0 Å². The molecule has 14 rings (SSSR count). The van der Waals surface area contributed by atoms with Crippen molar-refractivity contribution in [2.45, 2.75) is 167 Å². The molecule has 4 nitrogen and oxygen atoms in total. The number of nitrogens with zero attached hydrogens (tertiary/aromatic N) is 4. The van der Waals surface area contributed by atoms with E-state index in [4.69, 9.17) is 0 Å². The molecule has 79 heavy (non-hydrogen) atoms. The highest BCUT2D eigenvalue weighted by Gasteiger charge is 2.61. The van der Waals surface area contributed by atoms with Gasteiger partial charge < -0.3 is 19.6 Å². The van der Waals surface area contributed by atoms with E-state index < -0.39 is 5.54 Å². The van der Waals surface area contributed by atoms with Crippen LogP contribution in [-0.4, -0.2) is 12.3 Å². The zero-order valence-corrected chi connectivity index (χ0v) is 49.3. The Labute approximate surface area is 472 Å². The first-order valence-electron chi connectivity index (χ1n) is 29.7. The van der Waals surface area contributed by atoms with Gasteiger partial charge in [0, 0.05) is 67.7 Å². The van der Waals surface area contributed by atoms with Crippen LogP contribution < -0.4 is 36.0 Å². The highest BCUT2D eigenvalue weighted by molar-refractivity contribution is 7.00. The Bertz CT molecular complexity index is 3800. The highest BCUT2D eigenvalue weighted by Crippen LogP contribution is 2.66. The lowest BCUT2D eigenvalue weighted by Gasteiger charge is -2.52. The molecule has 1 fully saturated rings. The number of fused-ring (bicyclic) bond motifs is 12. The van der Waals surface area contributed by atoms with Gasteiger partial charge in [0.15, 0.2) is 0 Å². The van der Waals surface area contributed by atoms with Gasteiger partial charge in [-0.05, 0) is 178 Å². The molecule has 0 N–H and O–H groups in total. The minimum absolute atomic E-state index is 0.00183. The molecule has 0 bridgehead atoms. The molecular weight excluding hydrogens is 956 g/mol. The quantitative estimate of drug-likeness (QED) is 0.163. The zero-order valence-electron chi connectivity index (χ0n) is 49.3. The van der Waals surface area contributed by atoms with Crippen LogP contribution in [0, 0.1) is 0 Å². The van der Waals surface area contributed by atoms with Gasteiger partial charge >= 0.3 is 0 Å². The molecule has 398 valence electrons. The predicted molar refractivity (Wildman–Crippen MR) is 337 cm³/mol. The predicted octanol–water partition coefficient (Wildman–Crippen LogP) is 17.7. The number of benzene rings is 8. The summed E-state index contributed by atoms with van der Waals surface area (Å²) in [4.78, 5) is 10.9. The Hall–Kier alpha value is -6.98. The van der Waals surface area contributed by atoms with Crippen molar-refractivity contribution in [3.05, 3.63) is 209 Å². The molecule has 5 heteroatoms. The summed E-state index contributed by atoms with van der Waals surface area (Å²) in [5.41, 5.74) is 25.9. The van der Waals surface area contributed by atoms with Crippen LogP contribution in [0.25, 0.3) is 0 Å². The van der Waals surface area contributed by atoms with Crippen LogP contribution >= 0.6 is 0 Å². The summed E-state index contributed by atoms with van der Waals surface area (Å²) < 4.78 is 0. The van der Waals surface area contributed by atoms with Crippen molar-refractivity contribution in [2.75, 3.05) is 19.6 Å². The first kappa shape index (κ1) is 50.3. The third-order valence-corrected chi connectivity index (χ3v) is 21.1. The number of para-hydroxylation sites is 2. The van der Waals surface area contributed by atoms with Crippen LogP contribution in [0.4, 0.5) is 56.9 Å². The van der Waals surface area contributed by atoms with Crippen LogP contribution in [0.2, 0.25) is 0 Å². The Kier molecular flexibility index (Phi) is 10.7. The molecular formula is C74H79BN4. The van der Waals surface area contributed by atoms with Crippen molar-refractivity contribution >= 4 is 80.0 Å². The molecule has 2 aliphatic carbocycles. The number of hydrogen-bond donors (Lipinski definition) is 0. The monoisotopic (exact) mass is 1030 g/mol. The molecule has 1 saturated carbocycles. The van der Waals surface area contributed by atoms with E-state index in [9.17, 15) is 0 Å². The van der Waals surface area contributed by atoms with Crippen molar-refractivity contribution in [1.29, 1.82) is 0 Å². The number of hydrogen-bond acceptors (Lipinski definition) is 4. The van der Waals surface area contributed by atoms with Gasteiger partial charge in [-0.3, -0.25) is 0 Å². The van der Waals surface area contributed by atoms with Gasteiger partial charge in [0.05, 0.1) is 11.1 Å². The molecule has 8 aromatic carbocycles. The van der Waals surface area contributed by atoms with Crippen LogP contribution in [0.5, 0.6) is 0 Å². The normalized spacial score (nSPS) is 23.5. The Morgan fingerprint density at radius 2 is 0.899 bits per heavy atom. The Morgan fingerprint density at radius 3 is 1.57 bits per heavy atom. The number of aryl methyl sites for hydroxylation is 1. The third kappa shape index (κ3) is 6.93. The molecule has 4 heterocycles. The summed E-state index contributed by atoms with van der Waals surface area (Å²) in [5.74, 6) is 0. The van der Waals surface area contributed by atoms with E-state index >= 15 is 0 Å². The smallest absolute Gasteiger partial charge is 0.252 e. The van der Waals surface area contributed by atoms with Crippen molar-refractivity contribution in [3.8, 4) is 0 Å². The number of anilines is 10. The lowest BCUT2D eigenvalue weighted by Crippen LogP contribution is -2.61. The van der Waals surface area contributed by atoms with E-state index in [0.717, 1.165) is 24.9 Å². The maximum atomic E-state index is 2.80. The Balaban J connectivity index is 1.08. The lowest BCUT2D eigenvalue weighted by atomic mass is 9.33. The molecule has 8 aromatic rings. The highest BCUT2D eigenvalue weighted by atomic mass is 15.3. The van der Waals surface area contributed by atoms with Crippen molar-refractivity contribution in [3.63, 3.8) is 0 Å². The fourth-order valence-corrected chi connectivity index (χ4v) is 16.2. The van der Waals surface area contributed by atoms with Crippen LogP contribution in [0.15, 0.2) is 170 Å².